The van der Waals surface area contributed by atoms with E-state index in [2.05, 4.69) is 9.98 Å². The number of alkyl halides is 6. The number of benzene rings is 2. The van der Waals surface area contributed by atoms with Gasteiger partial charge in [0.2, 0.25) is 0 Å². The first kappa shape index (κ1) is 27.0. The van der Waals surface area contributed by atoms with Gasteiger partial charge in [-0.25, -0.2) is 9.98 Å². The smallest absolute Gasteiger partial charge is 0.416 e. The van der Waals surface area contributed by atoms with Gasteiger partial charge in [0.1, 0.15) is 25.3 Å². The molecule has 2 aliphatic rings. The Morgan fingerprint density at radius 2 is 1.17 bits per heavy atom. The Labute approximate surface area is 209 Å². The summed E-state index contributed by atoms with van der Waals surface area (Å²) in [5, 5.41) is -0.110. The number of rotatable bonds is 2. The molecule has 0 amide bonds. The van der Waals surface area contributed by atoms with Gasteiger partial charge in [-0.15, -0.1) is 0 Å². The van der Waals surface area contributed by atoms with Crippen molar-refractivity contribution in [3.63, 3.8) is 0 Å². The summed E-state index contributed by atoms with van der Waals surface area (Å²) in [5.41, 5.74) is 8.77. The minimum Gasteiger partial charge on any atom is -0.463 e. The Morgan fingerprint density at radius 3 is 1.63 bits per heavy atom. The third-order valence-electron chi connectivity index (χ3n) is 4.78. The Balaban J connectivity index is 0.000000196. The van der Waals surface area contributed by atoms with E-state index in [1.165, 1.54) is 12.1 Å². The minimum atomic E-state index is -4.55. The van der Waals surface area contributed by atoms with Crippen LogP contribution in [-0.2, 0) is 21.8 Å². The molecule has 0 radical (unpaired) electrons. The predicted octanol–water partition coefficient (Wildman–Crippen LogP) is 6.14. The third-order valence-corrected chi connectivity index (χ3v) is 5.74. The lowest BCUT2D eigenvalue weighted by Gasteiger charge is -2.16. The van der Waals surface area contributed by atoms with Gasteiger partial charge in [0.25, 0.3) is 12.0 Å². The summed E-state index contributed by atoms with van der Waals surface area (Å²) < 4.78 is 86.8. The maximum absolute atomic E-state index is 12.9. The highest BCUT2D eigenvalue weighted by Crippen LogP contribution is 2.41. The monoisotopic (exact) mass is 562 g/mol. The second-order valence-corrected chi connectivity index (χ2v) is 8.42. The van der Waals surface area contributed by atoms with Crippen molar-refractivity contribution in [1.82, 2.24) is 0 Å². The summed E-state index contributed by atoms with van der Waals surface area (Å²) in [6, 6.07) is 3.68. The van der Waals surface area contributed by atoms with Crippen molar-refractivity contribution in [3.05, 3.63) is 67.7 Å². The van der Waals surface area contributed by atoms with Crippen LogP contribution in [0.5, 0.6) is 0 Å². The maximum Gasteiger partial charge on any atom is 0.416 e. The molecule has 2 atom stereocenters. The van der Waals surface area contributed by atoms with Crippen molar-refractivity contribution in [1.29, 1.82) is 0 Å². The number of hydrogen-bond donors (Lipinski definition) is 2. The summed E-state index contributed by atoms with van der Waals surface area (Å²) in [6.45, 7) is -0.0383. The fraction of sp³-hybridized carbons (Fsp3) is 0.300. The Morgan fingerprint density at radius 1 is 0.714 bits per heavy atom. The predicted molar refractivity (Wildman–Crippen MR) is 119 cm³/mol. The fourth-order valence-electron chi connectivity index (χ4n) is 3.25. The highest BCUT2D eigenvalue weighted by Gasteiger charge is 2.38. The largest absolute Gasteiger partial charge is 0.463 e. The Hall–Kier alpha value is -2.57. The molecule has 1 unspecified atom stereocenters. The molecule has 4 N–H and O–H groups in total. The van der Waals surface area contributed by atoms with E-state index in [4.69, 9.17) is 55.7 Å². The average molecular weight is 564 g/mol. The Bertz CT molecular complexity index is 1170. The molecule has 6 nitrogen and oxygen atoms in total. The molecular weight excluding hydrogens is 549 g/mol. The molecule has 2 aliphatic heterocycles. The minimum absolute atomic E-state index is 0.0105. The summed E-state index contributed by atoms with van der Waals surface area (Å²) in [4.78, 5) is 7.57. The summed E-state index contributed by atoms with van der Waals surface area (Å²) >= 11 is 16.9. The molecule has 2 aromatic rings. The molecule has 4 rings (SSSR count). The standard InChI is InChI=1S/C10H7Cl2F3N2O.C10H8ClF3N2O/c11-6-1-4(8-3-18-9(16)17-8)5(2-7(6)12)10(13,14)15;11-5-1-2-6(7(3-5)10(12,13)14)8-4-17-9(15)16-8/h1-2,8H,3H2,(H2,16,17);1-3,8H,4H2,(H2,15,16)/t;8-/m.1/s1. The number of aliphatic imine (C=N–C) groups is 2. The van der Waals surface area contributed by atoms with E-state index in [1.807, 2.05) is 0 Å². The molecular formula is C20H15Cl3F6N4O2. The lowest BCUT2D eigenvalue weighted by atomic mass is 10.0. The molecule has 35 heavy (non-hydrogen) atoms. The van der Waals surface area contributed by atoms with Crippen LogP contribution in [0.3, 0.4) is 0 Å². The van der Waals surface area contributed by atoms with E-state index in [-0.39, 0.29) is 51.5 Å². The van der Waals surface area contributed by atoms with Crippen molar-refractivity contribution >= 4 is 46.8 Å². The first-order chi connectivity index (χ1) is 16.2. The van der Waals surface area contributed by atoms with Gasteiger partial charge in [0.05, 0.1) is 21.2 Å². The van der Waals surface area contributed by atoms with Crippen LogP contribution in [0.1, 0.15) is 34.3 Å². The molecule has 190 valence electrons. The van der Waals surface area contributed by atoms with Crippen molar-refractivity contribution < 1.29 is 35.8 Å². The van der Waals surface area contributed by atoms with Crippen LogP contribution < -0.4 is 11.5 Å². The topological polar surface area (TPSA) is 95.2 Å². The molecule has 0 spiro atoms. The lowest BCUT2D eigenvalue weighted by molar-refractivity contribution is -0.139. The van der Waals surface area contributed by atoms with Crippen LogP contribution in [0.2, 0.25) is 15.1 Å². The SMILES string of the molecule is NC1=NC(c2cc(Cl)c(Cl)cc2C(F)(F)F)CO1.NC1=N[C@@H](c2ccc(Cl)cc2C(F)(F)F)CO1. The molecule has 0 aliphatic carbocycles. The quantitative estimate of drug-likeness (QED) is 0.429. The van der Waals surface area contributed by atoms with Crippen LogP contribution in [0.4, 0.5) is 26.3 Å². The van der Waals surface area contributed by atoms with E-state index in [0.717, 1.165) is 18.2 Å². The fourth-order valence-corrected chi connectivity index (χ4v) is 3.76. The van der Waals surface area contributed by atoms with Crippen LogP contribution >= 0.6 is 34.8 Å². The molecule has 2 heterocycles. The van der Waals surface area contributed by atoms with Gasteiger partial charge in [0.15, 0.2) is 0 Å². The van der Waals surface area contributed by atoms with Gasteiger partial charge in [0, 0.05) is 5.02 Å². The molecule has 0 aromatic heterocycles. The first-order valence-electron chi connectivity index (χ1n) is 9.51. The normalized spacial score (nSPS) is 19.8. The first-order valence-corrected chi connectivity index (χ1v) is 10.6. The second kappa shape index (κ2) is 10.2. The lowest BCUT2D eigenvalue weighted by Crippen LogP contribution is -2.12. The van der Waals surface area contributed by atoms with Gasteiger partial charge in [-0.05, 0) is 35.4 Å². The Kier molecular flexibility index (Phi) is 7.87. The summed E-state index contributed by atoms with van der Waals surface area (Å²) in [5.74, 6) is 0. The number of ether oxygens (including phenoxy) is 2. The number of hydrogen-bond acceptors (Lipinski definition) is 6. The highest BCUT2D eigenvalue weighted by molar-refractivity contribution is 6.42. The van der Waals surface area contributed by atoms with E-state index < -0.39 is 35.6 Å². The van der Waals surface area contributed by atoms with Crippen molar-refractivity contribution in [2.75, 3.05) is 13.2 Å². The van der Waals surface area contributed by atoms with E-state index in [9.17, 15) is 26.3 Å². The number of nitrogens with zero attached hydrogens (tertiary/aromatic N) is 2. The molecule has 0 saturated carbocycles. The molecule has 0 saturated heterocycles. The van der Waals surface area contributed by atoms with Crippen molar-refractivity contribution in [3.8, 4) is 0 Å². The summed E-state index contributed by atoms with van der Waals surface area (Å²) in [6.07, 6.45) is -9.02. The van der Waals surface area contributed by atoms with E-state index >= 15 is 0 Å². The molecule has 2 aromatic carbocycles. The van der Waals surface area contributed by atoms with E-state index in [0.29, 0.717) is 0 Å². The van der Waals surface area contributed by atoms with Gasteiger partial charge in [-0.2, -0.15) is 26.3 Å². The molecule has 0 fully saturated rings. The third kappa shape index (κ3) is 6.56. The number of halogens is 9. The van der Waals surface area contributed by atoms with E-state index in [1.54, 1.807) is 0 Å². The van der Waals surface area contributed by atoms with Gasteiger partial charge in [-0.3, -0.25) is 0 Å². The number of nitrogens with two attached hydrogens (primary N) is 2. The highest BCUT2D eigenvalue weighted by atomic mass is 35.5. The van der Waals surface area contributed by atoms with Crippen LogP contribution in [-0.4, -0.2) is 25.3 Å². The van der Waals surface area contributed by atoms with Crippen LogP contribution in [0.15, 0.2) is 40.3 Å². The van der Waals surface area contributed by atoms with Crippen LogP contribution in [0.25, 0.3) is 0 Å². The van der Waals surface area contributed by atoms with Gasteiger partial charge in [-0.1, -0.05) is 40.9 Å². The zero-order valence-electron chi connectivity index (χ0n) is 17.2. The van der Waals surface area contributed by atoms with Crippen molar-refractivity contribution in [2.24, 2.45) is 21.5 Å². The average Bonchev–Trinajstić information content (AvgIpc) is 3.37. The molecule has 0 bridgehead atoms. The zero-order valence-corrected chi connectivity index (χ0v) is 19.5. The van der Waals surface area contributed by atoms with Crippen LogP contribution in [0, 0.1) is 0 Å². The summed E-state index contributed by atoms with van der Waals surface area (Å²) in [7, 11) is 0. The maximum atomic E-state index is 12.9. The van der Waals surface area contributed by atoms with Gasteiger partial charge < -0.3 is 20.9 Å². The second-order valence-electron chi connectivity index (χ2n) is 7.17. The molecule has 15 heteroatoms. The zero-order chi connectivity index (χ0) is 26.1. The van der Waals surface area contributed by atoms with Gasteiger partial charge >= 0.3 is 12.4 Å². The van der Waals surface area contributed by atoms with Crippen molar-refractivity contribution in [2.45, 2.75) is 24.4 Å². The number of amidine groups is 2.